The molecule has 5 fully saturated rings. The lowest BCUT2D eigenvalue weighted by atomic mass is 9.33. The number of piperidine rings is 4. The van der Waals surface area contributed by atoms with Crippen molar-refractivity contribution in [2.45, 2.75) is 43.1 Å². The Morgan fingerprint density at radius 1 is 1.05 bits per heavy atom. The number of hydrogen-bond acceptors (Lipinski definition) is 7. The van der Waals surface area contributed by atoms with Crippen molar-refractivity contribution in [1.82, 2.24) is 20.2 Å². The van der Waals surface area contributed by atoms with Gasteiger partial charge in [-0.15, -0.1) is 0 Å². The molecule has 198 valence electrons. The third-order valence-corrected chi connectivity index (χ3v) is 10.7. The van der Waals surface area contributed by atoms with E-state index in [1.807, 2.05) is 30.3 Å². The Balaban J connectivity index is 1.24. The van der Waals surface area contributed by atoms with Crippen LogP contribution < -0.4 is 15.1 Å². The SMILES string of the molecule is CN(C)C1CN(c2nc(N3C4CC5NC6CC3C564)c3cc(Cl)c(-c4cc(O)cc5ccccc45)c(F)c3n2)C1. The number of aromatic nitrogens is 2. The Morgan fingerprint density at radius 2 is 1.79 bits per heavy atom. The van der Waals surface area contributed by atoms with Gasteiger partial charge in [0.2, 0.25) is 5.95 Å². The molecule has 0 radical (unpaired) electrons. The molecule has 1 aromatic heterocycles. The molecule has 1 spiro atoms. The van der Waals surface area contributed by atoms with Crippen molar-refractivity contribution in [2.75, 3.05) is 37.0 Å². The maximum atomic E-state index is 16.7. The highest BCUT2D eigenvalue weighted by Gasteiger charge is 2.85. The van der Waals surface area contributed by atoms with Crippen molar-refractivity contribution < 1.29 is 9.50 Å². The number of anilines is 2. The number of aromatic hydroxyl groups is 1. The molecule has 39 heavy (non-hydrogen) atoms. The fourth-order valence-corrected chi connectivity index (χ4v) is 8.54. The van der Waals surface area contributed by atoms with Crippen molar-refractivity contribution >= 4 is 45.0 Å². The highest BCUT2D eigenvalue weighted by Crippen LogP contribution is 2.73. The van der Waals surface area contributed by atoms with E-state index in [0.717, 1.165) is 42.5 Å². The minimum atomic E-state index is -0.471. The van der Waals surface area contributed by atoms with Gasteiger partial charge in [-0.2, -0.15) is 4.98 Å². The third-order valence-electron chi connectivity index (χ3n) is 10.4. The predicted octanol–water partition coefficient (Wildman–Crippen LogP) is 4.39. The molecule has 9 heteroatoms. The summed E-state index contributed by atoms with van der Waals surface area (Å²) in [5.41, 5.74) is 1.50. The van der Waals surface area contributed by atoms with Gasteiger partial charge in [-0.25, -0.2) is 9.37 Å². The van der Waals surface area contributed by atoms with Crippen LogP contribution in [-0.4, -0.2) is 77.4 Å². The Kier molecular flexibility index (Phi) is 4.23. The molecule has 4 heterocycles. The Bertz CT molecular complexity index is 1720. The van der Waals surface area contributed by atoms with Crippen molar-refractivity contribution in [3.05, 3.63) is 53.3 Å². The van der Waals surface area contributed by atoms with E-state index in [-0.39, 0.29) is 16.8 Å². The van der Waals surface area contributed by atoms with Gasteiger partial charge in [-0.1, -0.05) is 35.9 Å². The third kappa shape index (κ3) is 2.61. The molecular formula is C30H28ClFN6O. The van der Waals surface area contributed by atoms with Crippen LogP contribution in [0.15, 0.2) is 42.5 Å². The van der Waals surface area contributed by atoms with Gasteiger partial charge in [0.1, 0.15) is 17.1 Å². The van der Waals surface area contributed by atoms with E-state index in [1.54, 1.807) is 12.1 Å². The van der Waals surface area contributed by atoms with Crippen LogP contribution in [-0.2, 0) is 0 Å². The van der Waals surface area contributed by atoms with E-state index in [4.69, 9.17) is 21.6 Å². The van der Waals surface area contributed by atoms with Gasteiger partial charge in [0.05, 0.1) is 5.02 Å². The van der Waals surface area contributed by atoms with Crippen molar-refractivity contribution in [1.29, 1.82) is 0 Å². The van der Waals surface area contributed by atoms with Gasteiger partial charge in [0.25, 0.3) is 0 Å². The van der Waals surface area contributed by atoms with Crippen LogP contribution >= 0.6 is 11.6 Å². The van der Waals surface area contributed by atoms with Crippen molar-refractivity contribution in [2.24, 2.45) is 5.41 Å². The smallest absolute Gasteiger partial charge is 0.228 e. The first-order valence-corrected chi connectivity index (χ1v) is 14.1. The molecule has 4 unspecified atom stereocenters. The first kappa shape index (κ1) is 22.6. The van der Waals surface area contributed by atoms with Gasteiger partial charge in [-0.05, 0) is 61.5 Å². The molecule has 4 aromatic rings. The predicted molar refractivity (Wildman–Crippen MR) is 151 cm³/mol. The molecule has 5 aliphatic rings. The van der Waals surface area contributed by atoms with Crippen molar-refractivity contribution in [3.63, 3.8) is 0 Å². The van der Waals surface area contributed by atoms with Crippen LogP contribution in [0, 0.1) is 11.2 Å². The summed E-state index contributed by atoms with van der Waals surface area (Å²) in [6.07, 6.45) is 2.20. The normalized spacial score (nSPS) is 30.3. The minimum Gasteiger partial charge on any atom is -0.508 e. The number of phenolic OH excluding ortho intramolecular Hbond substituents is 1. The second kappa shape index (κ2) is 7.30. The standard InChI is InChI=1S/C30H28ClFN6O/c1-36(2)15-12-37(13-15)29-34-27-19(28(35-29)38-23-10-21-30(23)22(33-21)11-24(30)38)9-20(31)25(26(27)32)18-8-16(39)7-14-5-3-4-6-17(14)18/h3-9,15,21-24,33,39H,10-13H2,1-2H3. The first-order valence-electron chi connectivity index (χ1n) is 13.7. The van der Waals surface area contributed by atoms with E-state index >= 15 is 4.39 Å². The molecule has 4 atom stereocenters. The monoisotopic (exact) mass is 542 g/mol. The van der Waals surface area contributed by atoms with E-state index in [0.29, 0.717) is 57.5 Å². The topological polar surface area (TPSA) is 67.8 Å². The Labute approximate surface area is 230 Å². The molecule has 2 N–H and O–H groups in total. The highest BCUT2D eigenvalue weighted by atomic mass is 35.5. The zero-order valence-electron chi connectivity index (χ0n) is 21.7. The molecule has 0 bridgehead atoms. The van der Waals surface area contributed by atoms with Crippen LogP contribution in [0.3, 0.4) is 0 Å². The molecule has 3 aromatic carbocycles. The van der Waals surface area contributed by atoms with Gasteiger partial charge < -0.3 is 25.1 Å². The van der Waals surface area contributed by atoms with Crippen molar-refractivity contribution in [3.8, 4) is 16.9 Å². The molecule has 7 nitrogen and oxygen atoms in total. The van der Waals surface area contributed by atoms with Crippen LogP contribution in [0.5, 0.6) is 5.75 Å². The van der Waals surface area contributed by atoms with E-state index in [2.05, 4.69) is 34.1 Å². The summed E-state index contributed by atoms with van der Waals surface area (Å²) in [5.74, 6) is 0.975. The zero-order valence-corrected chi connectivity index (χ0v) is 22.5. The van der Waals surface area contributed by atoms with E-state index in [9.17, 15) is 5.11 Å². The first-order chi connectivity index (χ1) is 18.9. The maximum absolute atomic E-state index is 16.7. The average molecular weight is 543 g/mol. The molecule has 3 saturated heterocycles. The molecule has 3 aliphatic heterocycles. The fourth-order valence-electron chi connectivity index (χ4n) is 8.25. The lowest BCUT2D eigenvalue weighted by Gasteiger charge is -2.89. The van der Waals surface area contributed by atoms with Gasteiger partial charge >= 0.3 is 0 Å². The summed E-state index contributed by atoms with van der Waals surface area (Å²) in [6.45, 7) is 1.62. The number of likely N-dealkylation sites (N-methyl/N-ethyl adjacent to an activating group) is 1. The van der Waals surface area contributed by atoms with Gasteiger partial charge in [-0.3, -0.25) is 0 Å². The largest absolute Gasteiger partial charge is 0.508 e. The van der Waals surface area contributed by atoms with Crippen LogP contribution in [0.25, 0.3) is 32.8 Å². The Morgan fingerprint density at radius 3 is 2.51 bits per heavy atom. The number of halogens is 2. The summed E-state index contributed by atoms with van der Waals surface area (Å²) in [4.78, 5) is 16.7. The summed E-state index contributed by atoms with van der Waals surface area (Å²) < 4.78 is 16.7. The summed E-state index contributed by atoms with van der Waals surface area (Å²) in [6, 6.07) is 15.3. The number of rotatable bonds is 4. The molecular weight excluding hydrogens is 515 g/mol. The van der Waals surface area contributed by atoms with Gasteiger partial charge in [0, 0.05) is 59.7 Å². The molecule has 2 saturated carbocycles. The number of phenols is 1. The number of hydrogen-bond donors (Lipinski definition) is 2. The van der Waals surface area contributed by atoms with Gasteiger partial charge in [0.15, 0.2) is 5.82 Å². The fraction of sp³-hybridized carbons (Fsp3) is 0.400. The molecule has 9 rings (SSSR count). The molecule has 0 amide bonds. The Hall–Kier alpha value is -3.20. The number of nitrogens with zero attached hydrogens (tertiary/aromatic N) is 5. The van der Waals surface area contributed by atoms with Crippen LogP contribution in [0.2, 0.25) is 5.02 Å². The van der Waals surface area contributed by atoms with Crippen LogP contribution in [0.1, 0.15) is 12.8 Å². The summed E-state index contributed by atoms with van der Waals surface area (Å²) >= 11 is 6.89. The second-order valence-electron chi connectivity index (χ2n) is 12.2. The second-order valence-corrected chi connectivity index (χ2v) is 12.6. The summed E-state index contributed by atoms with van der Waals surface area (Å²) in [7, 11) is 4.16. The minimum absolute atomic E-state index is 0.0673. The van der Waals surface area contributed by atoms with E-state index in [1.165, 1.54) is 0 Å². The summed E-state index contributed by atoms with van der Waals surface area (Å²) in [5, 5.41) is 16.8. The number of fused-ring (bicyclic) bond motifs is 2. The zero-order chi connectivity index (χ0) is 26.4. The average Bonchev–Trinajstić information content (AvgIpc) is 2.81. The lowest BCUT2D eigenvalue weighted by Crippen LogP contribution is -3.03. The van der Waals surface area contributed by atoms with E-state index < -0.39 is 5.82 Å². The number of benzene rings is 3. The quantitative estimate of drug-likeness (QED) is 0.396. The highest BCUT2D eigenvalue weighted by molar-refractivity contribution is 6.35. The lowest BCUT2D eigenvalue weighted by molar-refractivity contribution is -0.251. The number of nitrogens with one attached hydrogen (secondary N) is 1. The molecule has 2 aliphatic carbocycles. The van der Waals surface area contributed by atoms with Crippen LogP contribution in [0.4, 0.5) is 16.2 Å². The maximum Gasteiger partial charge on any atom is 0.228 e.